The minimum Gasteiger partial charge on any atom is -0.346 e. The van der Waals surface area contributed by atoms with E-state index in [1.54, 1.807) is 23.2 Å². The fraction of sp³-hybridized carbons (Fsp3) is 0.105. The number of amides is 1. The van der Waals surface area contributed by atoms with Gasteiger partial charge in [-0.1, -0.05) is 42.5 Å². The molecule has 120 valence electrons. The van der Waals surface area contributed by atoms with Gasteiger partial charge in [0.05, 0.1) is 11.7 Å². The smallest absolute Gasteiger partial charge is 0.244 e. The summed E-state index contributed by atoms with van der Waals surface area (Å²) in [6.45, 7) is 1.96. The van der Waals surface area contributed by atoms with Gasteiger partial charge in [-0.25, -0.2) is 9.67 Å². The van der Waals surface area contributed by atoms with E-state index in [1.807, 2.05) is 61.5 Å². The highest BCUT2D eigenvalue weighted by Crippen LogP contribution is 2.15. The van der Waals surface area contributed by atoms with Crippen molar-refractivity contribution < 1.29 is 4.79 Å². The van der Waals surface area contributed by atoms with Gasteiger partial charge in [0.2, 0.25) is 5.91 Å². The highest BCUT2D eigenvalue weighted by atomic mass is 16.1. The number of rotatable bonds is 5. The summed E-state index contributed by atoms with van der Waals surface area (Å²) in [7, 11) is 0. The molecule has 1 unspecified atom stereocenters. The first-order valence-electron chi connectivity index (χ1n) is 7.71. The predicted octanol–water partition coefficient (Wildman–Crippen LogP) is 3.16. The molecule has 3 aromatic rings. The molecule has 1 atom stereocenters. The second kappa shape index (κ2) is 7.37. The summed E-state index contributed by atoms with van der Waals surface area (Å²) in [5.74, 6) is -0.119. The largest absolute Gasteiger partial charge is 0.346 e. The second-order valence-electron chi connectivity index (χ2n) is 5.41. The van der Waals surface area contributed by atoms with Gasteiger partial charge in [0.25, 0.3) is 0 Å². The molecule has 0 aliphatic carbocycles. The molecule has 1 amide bonds. The van der Waals surface area contributed by atoms with Crippen molar-refractivity contribution in [3.05, 3.63) is 84.5 Å². The molecule has 0 radical (unpaired) electrons. The summed E-state index contributed by atoms with van der Waals surface area (Å²) in [4.78, 5) is 16.0. The molecule has 2 aromatic carbocycles. The Kier molecular flexibility index (Phi) is 4.81. The highest BCUT2D eigenvalue weighted by Gasteiger charge is 2.08. The first kappa shape index (κ1) is 15.7. The maximum atomic E-state index is 12.0. The number of hydrogen-bond acceptors (Lipinski definition) is 3. The van der Waals surface area contributed by atoms with E-state index in [4.69, 9.17) is 0 Å². The Morgan fingerprint density at radius 3 is 2.54 bits per heavy atom. The third kappa shape index (κ3) is 3.95. The van der Waals surface area contributed by atoms with Crippen molar-refractivity contribution in [3.63, 3.8) is 0 Å². The van der Waals surface area contributed by atoms with E-state index >= 15 is 0 Å². The average Bonchev–Trinajstić information content (AvgIpc) is 3.16. The molecule has 1 aromatic heterocycles. The van der Waals surface area contributed by atoms with Gasteiger partial charge in [-0.2, -0.15) is 5.10 Å². The van der Waals surface area contributed by atoms with Crippen molar-refractivity contribution in [3.8, 4) is 5.69 Å². The maximum absolute atomic E-state index is 12.0. The Labute approximate surface area is 140 Å². The number of carbonyl (C=O) groups excluding carboxylic acids is 1. The van der Waals surface area contributed by atoms with Crippen LogP contribution in [0.5, 0.6) is 0 Å². The molecular formula is C19H18N4O. The van der Waals surface area contributed by atoms with E-state index in [0.717, 1.165) is 16.8 Å². The molecular weight excluding hydrogens is 300 g/mol. The van der Waals surface area contributed by atoms with Crippen molar-refractivity contribution in [2.24, 2.45) is 0 Å². The quantitative estimate of drug-likeness (QED) is 0.735. The van der Waals surface area contributed by atoms with Gasteiger partial charge in [-0.05, 0) is 36.3 Å². The van der Waals surface area contributed by atoms with Gasteiger partial charge < -0.3 is 5.32 Å². The average molecular weight is 318 g/mol. The van der Waals surface area contributed by atoms with Crippen molar-refractivity contribution >= 4 is 12.0 Å². The molecule has 3 rings (SSSR count). The lowest BCUT2D eigenvalue weighted by Crippen LogP contribution is -2.24. The maximum Gasteiger partial charge on any atom is 0.244 e. The fourth-order valence-electron chi connectivity index (χ4n) is 2.34. The zero-order valence-corrected chi connectivity index (χ0v) is 13.3. The van der Waals surface area contributed by atoms with Gasteiger partial charge in [0, 0.05) is 6.08 Å². The Morgan fingerprint density at radius 1 is 1.12 bits per heavy atom. The van der Waals surface area contributed by atoms with Crippen LogP contribution in [-0.2, 0) is 4.79 Å². The van der Waals surface area contributed by atoms with Gasteiger partial charge in [0.15, 0.2) is 0 Å². The normalized spacial score (nSPS) is 12.2. The van der Waals surface area contributed by atoms with Gasteiger partial charge in [0.1, 0.15) is 12.7 Å². The second-order valence-corrected chi connectivity index (χ2v) is 5.41. The van der Waals surface area contributed by atoms with Crippen molar-refractivity contribution in [1.82, 2.24) is 20.1 Å². The first-order valence-corrected chi connectivity index (χ1v) is 7.71. The lowest BCUT2D eigenvalue weighted by Gasteiger charge is -2.13. The molecule has 0 aliphatic rings. The van der Waals surface area contributed by atoms with E-state index in [9.17, 15) is 4.79 Å². The van der Waals surface area contributed by atoms with Crippen LogP contribution in [0.1, 0.15) is 24.1 Å². The standard InChI is InChI=1S/C19H18N4O/c1-15(22-19(24)12-7-16-5-3-2-4-6-16)17-8-10-18(11-9-17)23-14-20-13-21-23/h2-15H,1H3,(H,22,24)/b12-7+. The van der Waals surface area contributed by atoms with Gasteiger partial charge in [-0.3, -0.25) is 4.79 Å². The molecule has 5 nitrogen and oxygen atoms in total. The number of hydrogen-bond donors (Lipinski definition) is 1. The van der Waals surface area contributed by atoms with E-state index < -0.39 is 0 Å². The third-order valence-electron chi connectivity index (χ3n) is 3.66. The Hall–Kier alpha value is -3.21. The van der Waals surface area contributed by atoms with Crippen LogP contribution >= 0.6 is 0 Å². The van der Waals surface area contributed by atoms with Crippen molar-refractivity contribution in [1.29, 1.82) is 0 Å². The van der Waals surface area contributed by atoms with E-state index in [0.29, 0.717) is 0 Å². The summed E-state index contributed by atoms with van der Waals surface area (Å²) in [6.07, 6.45) is 6.50. The zero-order valence-electron chi connectivity index (χ0n) is 13.3. The van der Waals surface area contributed by atoms with Crippen molar-refractivity contribution in [2.45, 2.75) is 13.0 Å². The van der Waals surface area contributed by atoms with E-state index in [2.05, 4.69) is 15.4 Å². The topological polar surface area (TPSA) is 59.8 Å². The molecule has 0 saturated heterocycles. The summed E-state index contributed by atoms with van der Waals surface area (Å²) < 4.78 is 1.69. The molecule has 0 aliphatic heterocycles. The van der Waals surface area contributed by atoms with Crippen LogP contribution in [0.15, 0.2) is 73.3 Å². The molecule has 24 heavy (non-hydrogen) atoms. The molecule has 0 spiro atoms. The summed E-state index contributed by atoms with van der Waals surface area (Å²) >= 11 is 0. The van der Waals surface area contributed by atoms with E-state index in [-0.39, 0.29) is 11.9 Å². The SMILES string of the molecule is CC(NC(=O)/C=C/c1ccccc1)c1ccc(-n2cncn2)cc1. The van der Waals surface area contributed by atoms with Crippen LogP contribution < -0.4 is 5.32 Å². The number of carbonyl (C=O) groups is 1. The summed E-state index contributed by atoms with van der Waals surface area (Å²) in [5.41, 5.74) is 2.96. The molecule has 0 saturated carbocycles. The minimum atomic E-state index is -0.119. The molecule has 1 heterocycles. The van der Waals surface area contributed by atoms with Crippen LogP contribution in [0.3, 0.4) is 0 Å². The van der Waals surface area contributed by atoms with Crippen LogP contribution in [0.2, 0.25) is 0 Å². The van der Waals surface area contributed by atoms with Crippen LogP contribution in [0.4, 0.5) is 0 Å². The lowest BCUT2D eigenvalue weighted by molar-refractivity contribution is -0.117. The Bertz CT molecular complexity index is 808. The molecule has 5 heteroatoms. The fourth-order valence-corrected chi connectivity index (χ4v) is 2.34. The Balaban J connectivity index is 1.61. The number of nitrogens with one attached hydrogen (secondary N) is 1. The predicted molar refractivity (Wildman–Crippen MR) is 93.4 cm³/mol. The highest BCUT2D eigenvalue weighted by molar-refractivity contribution is 5.91. The van der Waals surface area contributed by atoms with Crippen LogP contribution in [-0.4, -0.2) is 20.7 Å². The van der Waals surface area contributed by atoms with Gasteiger partial charge in [-0.15, -0.1) is 0 Å². The van der Waals surface area contributed by atoms with E-state index in [1.165, 1.54) is 6.33 Å². The number of aromatic nitrogens is 3. The minimum absolute atomic E-state index is 0.0808. The number of benzene rings is 2. The number of nitrogens with zero attached hydrogens (tertiary/aromatic N) is 3. The molecule has 0 fully saturated rings. The summed E-state index contributed by atoms with van der Waals surface area (Å²) in [5, 5.41) is 7.05. The molecule has 1 N–H and O–H groups in total. The van der Waals surface area contributed by atoms with Crippen molar-refractivity contribution in [2.75, 3.05) is 0 Å². The lowest BCUT2D eigenvalue weighted by atomic mass is 10.1. The Morgan fingerprint density at radius 2 is 1.88 bits per heavy atom. The van der Waals surface area contributed by atoms with Crippen LogP contribution in [0.25, 0.3) is 11.8 Å². The summed E-state index contributed by atoms with van der Waals surface area (Å²) in [6, 6.07) is 17.5. The third-order valence-corrected chi connectivity index (χ3v) is 3.66. The molecule has 0 bridgehead atoms. The van der Waals surface area contributed by atoms with Gasteiger partial charge >= 0.3 is 0 Å². The van der Waals surface area contributed by atoms with Crippen LogP contribution in [0, 0.1) is 0 Å². The zero-order chi connectivity index (χ0) is 16.8. The first-order chi connectivity index (χ1) is 11.7. The monoisotopic (exact) mass is 318 g/mol.